The van der Waals surface area contributed by atoms with E-state index >= 15 is 0 Å². The van der Waals surface area contributed by atoms with Crippen molar-refractivity contribution in [3.63, 3.8) is 0 Å². The minimum Gasteiger partial charge on any atom is -0.332 e. The number of aromatic nitrogens is 3. The Bertz CT molecular complexity index is 696. The minimum atomic E-state index is -0.0235. The van der Waals surface area contributed by atoms with Gasteiger partial charge in [-0.1, -0.05) is 6.92 Å². The number of hydrogen-bond donors (Lipinski definition) is 1. The molecule has 1 atom stereocenters. The SMILES string of the molecule is CCc1ccnc(CNC(=O)N2CCCC[C@H]2c2ccnn2C)c1. The summed E-state index contributed by atoms with van der Waals surface area (Å²) in [6.45, 7) is 3.36. The zero-order chi connectivity index (χ0) is 16.9. The molecule has 2 aromatic heterocycles. The van der Waals surface area contributed by atoms with E-state index in [0.717, 1.165) is 43.6 Å². The highest BCUT2D eigenvalue weighted by atomic mass is 16.2. The van der Waals surface area contributed by atoms with Crippen LogP contribution in [0.1, 0.15) is 49.2 Å². The van der Waals surface area contributed by atoms with Gasteiger partial charge in [0.1, 0.15) is 0 Å². The van der Waals surface area contributed by atoms with Gasteiger partial charge in [-0.15, -0.1) is 0 Å². The topological polar surface area (TPSA) is 63.1 Å². The summed E-state index contributed by atoms with van der Waals surface area (Å²) in [6, 6.07) is 6.14. The Morgan fingerprint density at radius 3 is 2.96 bits per heavy atom. The third-order valence-corrected chi connectivity index (χ3v) is 4.67. The summed E-state index contributed by atoms with van der Waals surface area (Å²) in [5.41, 5.74) is 3.23. The molecule has 0 saturated carbocycles. The number of carbonyl (C=O) groups is 1. The third-order valence-electron chi connectivity index (χ3n) is 4.67. The van der Waals surface area contributed by atoms with E-state index in [1.54, 1.807) is 12.4 Å². The van der Waals surface area contributed by atoms with Crippen molar-refractivity contribution in [1.82, 2.24) is 25.0 Å². The zero-order valence-corrected chi connectivity index (χ0v) is 14.4. The summed E-state index contributed by atoms with van der Waals surface area (Å²) >= 11 is 0. The van der Waals surface area contributed by atoms with Crippen molar-refractivity contribution in [3.8, 4) is 0 Å². The summed E-state index contributed by atoms with van der Waals surface area (Å²) < 4.78 is 1.86. The third kappa shape index (κ3) is 3.58. The van der Waals surface area contributed by atoms with Crippen LogP contribution in [0, 0.1) is 0 Å². The number of carbonyl (C=O) groups excluding carboxylic acids is 1. The lowest BCUT2D eigenvalue weighted by atomic mass is 10.00. The van der Waals surface area contributed by atoms with E-state index in [4.69, 9.17) is 0 Å². The quantitative estimate of drug-likeness (QED) is 0.939. The van der Waals surface area contributed by atoms with Crippen molar-refractivity contribution in [2.75, 3.05) is 6.54 Å². The lowest BCUT2D eigenvalue weighted by molar-refractivity contribution is 0.147. The van der Waals surface area contributed by atoms with Crippen molar-refractivity contribution in [3.05, 3.63) is 47.5 Å². The molecule has 0 radical (unpaired) electrons. The molecule has 1 saturated heterocycles. The highest BCUT2D eigenvalue weighted by Crippen LogP contribution is 2.30. The van der Waals surface area contributed by atoms with E-state index in [2.05, 4.69) is 28.4 Å². The normalized spacial score (nSPS) is 17.8. The molecule has 1 aliphatic heterocycles. The molecule has 2 aromatic rings. The number of hydrogen-bond acceptors (Lipinski definition) is 3. The van der Waals surface area contributed by atoms with Crippen LogP contribution in [0.3, 0.4) is 0 Å². The molecular weight excluding hydrogens is 302 g/mol. The maximum Gasteiger partial charge on any atom is 0.318 e. The van der Waals surface area contributed by atoms with Crippen LogP contribution in [0.25, 0.3) is 0 Å². The Morgan fingerprint density at radius 1 is 1.33 bits per heavy atom. The van der Waals surface area contributed by atoms with Crippen LogP contribution in [0.5, 0.6) is 0 Å². The number of amides is 2. The lowest BCUT2D eigenvalue weighted by Gasteiger charge is -2.35. The van der Waals surface area contributed by atoms with Crippen LogP contribution in [0.15, 0.2) is 30.6 Å². The molecule has 0 aromatic carbocycles. The summed E-state index contributed by atoms with van der Waals surface area (Å²) in [5.74, 6) is 0. The van der Waals surface area contributed by atoms with Crippen molar-refractivity contribution in [2.24, 2.45) is 7.05 Å². The van der Waals surface area contributed by atoms with Gasteiger partial charge in [0.15, 0.2) is 0 Å². The number of nitrogens with zero attached hydrogens (tertiary/aromatic N) is 4. The molecule has 3 rings (SSSR count). The fourth-order valence-electron chi connectivity index (χ4n) is 3.31. The molecule has 1 aliphatic rings. The summed E-state index contributed by atoms with van der Waals surface area (Å²) in [5, 5.41) is 7.27. The van der Waals surface area contributed by atoms with Crippen molar-refractivity contribution in [2.45, 2.75) is 45.2 Å². The molecule has 2 amide bonds. The zero-order valence-electron chi connectivity index (χ0n) is 14.4. The smallest absolute Gasteiger partial charge is 0.318 e. The Kier molecular flexibility index (Phi) is 5.13. The van der Waals surface area contributed by atoms with Gasteiger partial charge in [0.05, 0.1) is 24.0 Å². The number of nitrogens with one attached hydrogen (secondary N) is 1. The molecule has 0 bridgehead atoms. The first-order valence-corrected chi connectivity index (χ1v) is 8.65. The van der Waals surface area contributed by atoms with Gasteiger partial charge in [0, 0.05) is 26.0 Å². The number of rotatable bonds is 4. The van der Waals surface area contributed by atoms with Gasteiger partial charge in [-0.25, -0.2) is 4.79 Å². The summed E-state index contributed by atoms with van der Waals surface area (Å²) in [4.78, 5) is 19.0. The summed E-state index contributed by atoms with van der Waals surface area (Å²) in [6.07, 6.45) is 7.74. The van der Waals surface area contributed by atoms with E-state index in [9.17, 15) is 4.79 Å². The van der Waals surface area contributed by atoms with Gasteiger partial charge in [-0.3, -0.25) is 9.67 Å². The van der Waals surface area contributed by atoms with Gasteiger partial charge in [0.25, 0.3) is 0 Å². The van der Waals surface area contributed by atoms with E-state index in [1.165, 1.54) is 5.56 Å². The molecule has 128 valence electrons. The van der Waals surface area contributed by atoms with Gasteiger partial charge in [-0.05, 0) is 49.4 Å². The molecule has 6 nitrogen and oxygen atoms in total. The van der Waals surface area contributed by atoms with E-state index < -0.39 is 0 Å². The standard InChI is InChI=1S/C18H25N5O/c1-3-14-7-9-19-15(12-14)13-20-18(24)23-11-5-4-6-17(23)16-8-10-21-22(16)2/h7-10,12,17H,3-6,11,13H2,1-2H3,(H,20,24)/t17-/m0/s1. The molecule has 1 N–H and O–H groups in total. The second kappa shape index (κ2) is 7.47. The average molecular weight is 327 g/mol. The minimum absolute atomic E-state index is 0.0235. The molecule has 24 heavy (non-hydrogen) atoms. The van der Waals surface area contributed by atoms with Crippen LogP contribution < -0.4 is 5.32 Å². The highest BCUT2D eigenvalue weighted by Gasteiger charge is 2.29. The Hall–Kier alpha value is -2.37. The maximum atomic E-state index is 12.7. The first kappa shape index (κ1) is 16.5. The first-order chi connectivity index (χ1) is 11.7. The molecule has 1 fully saturated rings. The maximum absolute atomic E-state index is 12.7. The molecule has 3 heterocycles. The molecule has 0 aliphatic carbocycles. The van der Waals surface area contributed by atoms with Crippen molar-refractivity contribution >= 4 is 6.03 Å². The number of pyridine rings is 1. The number of aryl methyl sites for hydroxylation is 2. The number of likely N-dealkylation sites (tertiary alicyclic amines) is 1. The van der Waals surface area contributed by atoms with Crippen LogP contribution in [0.2, 0.25) is 0 Å². The fraction of sp³-hybridized carbons (Fsp3) is 0.500. The Balaban J connectivity index is 1.67. The number of piperidine rings is 1. The monoisotopic (exact) mass is 327 g/mol. The predicted octanol–water partition coefficient (Wildman–Crippen LogP) is 2.81. The van der Waals surface area contributed by atoms with Crippen LogP contribution in [0.4, 0.5) is 4.79 Å². The Morgan fingerprint density at radius 2 is 2.21 bits per heavy atom. The fourth-order valence-corrected chi connectivity index (χ4v) is 3.31. The molecular formula is C18H25N5O. The first-order valence-electron chi connectivity index (χ1n) is 8.65. The largest absolute Gasteiger partial charge is 0.332 e. The van der Waals surface area contributed by atoms with Crippen LogP contribution in [-0.2, 0) is 20.0 Å². The molecule has 0 unspecified atom stereocenters. The van der Waals surface area contributed by atoms with Crippen LogP contribution in [-0.4, -0.2) is 32.2 Å². The van der Waals surface area contributed by atoms with E-state index in [0.29, 0.717) is 6.54 Å². The van der Waals surface area contributed by atoms with Gasteiger partial charge in [-0.2, -0.15) is 5.10 Å². The average Bonchev–Trinajstić information content (AvgIpc) is 3.05. The molecule has 0 spiro atoms. The van der Waals surface area contributed by atoms with Crippen molar-refractivity contribution in [1.29, 1.82) is 0 Å². The van der Waals surface area contributed by atoms with Gasteiger partial charge >= 0.3 is 6.03 Å². The number of urea groups is 1. The van der Waals surface area contributed by atoms with E-state index in [1.807, 2.05) is 28.8 Å². The highest BCUT2D eigenvalue weighted by molar-refractivity contribution is 5.74. The Labute approximate surface area is 142 Å². The van der Waals surface area contributed by atoms with Gasteiger partial charge in [0.2, 0.25) is 0 Å². The van der Waals surface area contributed by atoms with Crippen molar-refractivity contribution < 1.29 is 4.79 Å². The van der Waals surface area contributed by atoms with Crippen LogP contribution >= 0.6 is 0 Å². The predicted molar refractivity (Wildman–Crippen MR) is 92.4 cm³/mol. The summed E-state index contributed by atoms with van der Waals surface area (Å²) in [7, 11) is 1.93. The second-order valence-electron chi connectivity index (χ2n) is 6.25. The molecule has 6 heteroatoms. The van der Waals surface area contributed by atoms with Gasteiger partial charge < -0.3 is 10.2 Å². The van der Waals surface area contributed by atoms with E-state index in [-0.39, 0.29) is 12.1 Å². The lowest BCUT2D eigenvalue weighted by Crippen LogP contribution is -2.45. The second-order valence-corrected chi connectivity index (χ2v) is 6.25.